The monoisotopic (exact) mass is 325 g/mol. The molecule has 1 fully saturated rings. The van der Waals surface area contributed by atoms with E-state index < -0.39 is 0 Å². The first-order valence-corrected chi connectivity index (χ1v) is 7.38. The average Bonchev–Trinajstić information content (AvgIpc) is 2.54. The van der Waals surface area contributed by atoms with Gasteiger partial charge in [-0.05, 0) is 44.2 Å². The van der Waals surface area contributed by atoms with Crippen LogP contribution in [0.2, 0.25) is 0 Å². The van der Waals surface area contributed by atoms with E-state index in [2.05, 4.69) is 50.5 Å². The number of rotatable bonds is 3. The number of carbonyl (C=O) groups excluding carboxylic acids is 1. The minimum atomic E-state index is -0.146. The molecule has 104 valence electrons. The quantitative estimate of drug-likeness (QED) is 0.888. The minimum Gasteiger partial charge on any atom is -0.358 e. The van der Waals surface area contributed by atoms with Crippen molar-refractivity contribution in [2.45, 2.75) is 19.4 Å². The number of carbonyl (C=O) groups is 1. The highest BCUT2D eigenvalue weighted by Gasteiger charge is 2.28. The van der Waals surface area contributed by atoms with Crippen LogP contribution in [0.5, 0.6) is 0 Å². The number of amides is 1. The molecule has 2 rings (SSSR count). The SMILES string of the molecule is CNCC1C(=O)NCCCN1c1ccc(Br)cc1C. The predicted octanol–water partition coefficient (Wildman–Crippen LogP) is 1.67. The van der Waals surface area contributed by atoms with Crippen molar-refractivity contribution in [3.8, 4) is 0 Å². The van der Waals surface area contributed by atoms with Gasteiger partial charge in [0.05, 0.1) is 0 Å². The van der Waals surface area contributed by atoms with Crippen LogP contribution >= 0.6 is 15.9 Å². The molecule has 5 heteroatoms. The van der Waals surface area contributed by atoms with Gasteiger partial charge in [0, 0.05) is 29.8 Å². The van der Waals surface area contributed by atoms with Gasteiger partial charge in [-0.25, -0.2) is 0 Å². The summed E-state index contributed by atoms with van der Waals surface area (Å²) < 4.78 is 1.07. The van der Waals surface area contributed by atoms with E-state index >= 15 is 0 Å². The maximum absolute atomic E-state index is 12.2. The van der Waals surface area contributed by atoms with Crippen LogP contribution in [0.4, 0.5) is 5.69 Å². The Labute approximate surface area is 122 Å². The summed E-state index contributed by atoms with van der Waals surface area (Å²) in [7, 11) is 1.88. The van der Waals surface area contributed by atoms with Crippen molar-refractivity contribution in [1.29, 1.82) is 0 Å². The highest BCUT2D eigenvalue weighted by molar-refractivity contribution is 9.10. The number of hydrogen-bond acceptors (Lipinski definition) is 3. The number of nitrogens with zero attached hydrogens (tertiary/aromatic N) is 1. The molecule has 0 aliphatic carbocycles. The molecular formula is C14H20BrN3O. The minimum absolute atomic E-state index is 0.106. The van der Waals surface area contributed by atoms with Crippen molar-refractivity contribution in [3.63, 3.8) is 0 Å². The molecular weight excluding hydrogens is 306 g/mol. The predicted molar refractivity (Wildman–Crippen MR) is 81.6 cm³/mol. The van der Waals surface area contributed by atoms with Crippen molar-refractivity contribution in [3.05, 3.63) is 28.2 Å². The van der Waals surface area contributed by atoms with Gasteiger partial charge in [0.1, 0.15) is 6.04 Å². The molecule has 0 bridgehead atoms. The van der Waals surface area contributed by atoms with Gasteiger partial charge >= 0.3 is 0 Å². The lowest BCUT2D eigenvalue weighted by Crippen LogP contribution is -2.49. The zero-order chi connectivity index (χ0) is 13.8. The summed E-state index contributed by atoms with van der Waals surface area (Å²) in [6.45, 7) is 4.39. The molecule has 1 atom stereocenters. The molecule has 1 amide bonds. The molecule has 0 radical (unpaired) electrons. The van der Waals surface area contributed by atoms with Crippen LogP contribution in [0.1, 0.15) is 12.0 Å². The van der Waals surface area contributed by atoms with E-state index in [0.29, 0.717) is 6.54 Å². The standard InChI is InChI=1S/C14H20BrN3O/c1-10-8-11(15)4-5-12(10)18-7-3-6-17-14(19)13(18)9-16-2/h4-5,8,13,16H,3,6-7,9H2,1-2H3,(H,17,19). The van der Waals surface area contributed by atoms with Crippen molar-refractivity contribution in [1.82, 2.24) is 10.6 Å². The van der Waals surface area contributed by atoms with Crippen molar-refractivity contribution in [2.75, 3.05) is 31.6 Å². The molecule has 1 aromatic carbocycles. The van der Waals surface area contributed by atoms with Crippen LogP contribution in [0, 0.1) is 6.92 Å². The summed E-state index contributed by atoms with van der Waals surface area (Å²) in [5.74, 6) is 0.106. The average molecular weight is 326 g/mol. The third kappa shape index (κ3) is 3.28. The number of halogens is 1. The summed E-state index contributed by atoms with van der Waals surface area (Å²) in [6.07, 6.45) is 0.974. The number of nitrogens with one attached hydrogen (secondary N) is 2. The van der Waals surface area contributed by atoms with Crippen molar-refractivity contribution >= 4 is 27.5 Å². The van der Waals surface area contributed by atoms with Gasteiger partial charge in [0.2, 0.25) is 5.91 Å². The highest BCUT2D eigenvalue weighted by atomic mass is 79.9. The maximum Gasteiger partial charge on any atom is 0.244 e. The molecule has 0 aromatic heterocycles. The lowest BCUT2D eigenvalue weighted by Gasteiger charge is -2.31. The molecule has 4 nitrogen and oxygen atoms in total. The van der Waals surface area contributed by atoms with E-state index in [9.17, 15) is 4.79 Å². The van der Waals surface area contributed by atoms with Gasteiger partial charge in [-0.1, -0.05) is 15.9 Å². The number of hydrogen-bond donors (Lipinski definition) is 2. The van der Waals surface area contributed by atoms with Crippen molar-refractivity contribution in [2.24, 2.45) is 0 Å². The Balaban J connectivity index is 2.34. The van der Waals surface area contributed by atoms with E-state index in [0.717, 1.165) is 29.7 Å². The second-order valence-corrected chi connectivity index (χ2v) is 5.76. The Morgan fingerprint density at radius 2 is 2.32 bits per heavy atom. The first-order valence-electron chi connectivity index (χ1n) is 6.58. The van der Waals surface area contributed by atoms with Crippen LogP contribution < -0.4 is 15.5 Å². The Morgan fingerprint density at radius 3 is 3.00 bits per heavy atom. The van der Waals surface area contributed by atoms with Crippen LogP contribution in [0.3, 0.4) is 0 Å². The maximum atomic E-state index is 12.2. The number of benzene rings is 1. The van der Waals surface area contributed by atoms with Gasteiger partial charge in [0.25, 0.3) is 0 Å². The summed E-state index contributed by atoms with van der Waals surface area (Å²) >= 11 is 3.48. The lowest BCUT2D eigenvalue weighted by atomic mass is 10.1. The van der Waals surface area contributed by atoms with E-state index in [1.54, 1.807) is 0 Å². The third-order valence-electron chi connectivity index (χ3n) is 3.42. The van der Waals surface area contributed by atoms with Gasteiger partial charge in [-0.15, -0.1) is 0 Å². The van der Waals surface area contributed by atoms with Crippen molar-refractivity contribution < 1.29 is 4.79 Å². The zero-order valence-electron chi connectivity index (χ0n) is 11.4. The molecule has 1 heterocycles. The smallest absolute Gasteiger partial charge is 0.244 e. The fraction of sp³-hybridized carbons (Fsp3) is 0.500. The second kappa shape index (κ2) is 6.39. The summed E-state index contributed by atoms with van der Waals surface area (Å²) in [5, 5.41) is 6.09. The summed E-state index contributed by atoms with van der Waals surface area (Å²) in [6, 6.07) is 6.06. The molecule has 1 aromatic rings. The number of aryl methyl sites for hydroxylation is 1. The molecule has 2 N–H and O–H groups in total. The first kappa shape index (κ1) is 14.3. The van der Waals surface area contributed by atoms with E-state index in [4.69, 9.17) is 0 Å². The van der Waals surface area contributed by atoms with Crippen LogP contribution in [-0.4, -0.2) is 38.6 Å². The van der Waals surface area contributed by atoms with E-state index in [1.165, 1.54) is 5.56 Å². The molecule has 1 aliphatic heterocycles. The Hall–Kier alpha value is -1.07. The second-order valence-electron chi connectivity index (χ2n) is 4.84. The lowest BCUT2D eigenvalue weighted by molar-refractivity contribution is -0.121. The van der Waals surface area contributed by atoms with Gasteiger partial charge in [-0.2, -0.15) is 0 Å². The Kier molecular flexibility index (Phi) is 4.82. The topological polar surface area (TPSA) is 44.4 Å². The third-order valence-corrected chi connectivity index (χ3v) is 3.91. The van der Waals surface area contributed by atoms with E-state index in [1.807, 2.05) is 13.1 Å². The first-order chi connectivity index (χ1) is 9.13. The summed E-state index contributed by atoms with van der Waals surface area (Å²) in [4.78, 5) is 14.4. The van der Waals surface area contributed by atoms with Gasteiger partial charge in [-0.3, -0.25) is 4.79 Å². The number of anilines is 1. The van der Waals surface area contributed by atoms with Crippen LogP contribution in [-0.2, 0) is 4.79 Å². The molecule has 0 spiro atoms. The molecule has 19 heavy (non-hydrogen) atoms. The molecule has 1 aliphatic rings. The van der Waals surface area contributed by atoms with Crippen LogP contribution in [0.15, 0.2) is 22.7 Å². The molecule has 0 saturated carbocycles. The Morgan fingerprint density at radius 1 is 1.53 bits per heavy atom. The summed E-state index contributed by atoms with van der Waals surface area (Å²) in [5.41, 5.74) is 2.32. The normalized spacial score (nSPS) is 20.1. The van der Waals surface area contributed by atoms with Crippen LogP contribution in [0.25, 0.3) is 0 Å². The molecule has 1 unspecified atom stereocenters. The largest absolute Gasteiger partial charge is 0.358 e. The number of likely N-dealkylation sites (N-methyl/N-ethyl adjacent to an activating group) is 1. The zero-order valence-corrected chi connectivity index (χ0v) is 13.0. The fourth-order valence-electron chi connectivity index (χ4n) is 2.50. The fourth-order valence-corrected chi connectivity index (χ4v) is 2.98. The Bertz CT molecular complexity index is 464. The van der Waals surface area contributed by atoms with Gasteiger partial charge in [0.15, 0.2) is 0 Å². The highest BCUT2D eigenvalue weighted by Crippen LogP contribution is 2.26. The van der Waals surface area contributed by atoms with Gasteiger partial charge < -0.3 is 15.5 Å². The molecule has 1 saturated heterocycles. The van der Waals surface area contributed by atoms with E-state index in [-0.39, 0.29) is 11.9 Å².